The third-order valence-electron chi connectivity index (χ3n) is 4.34. The molecule has 0 aliphatic carbocycles. The Morgan fingerprint density at radius 2 is 1.66 bits per heavy atom. The SMILES string of the molecule is CC.CC(C)c1ccc(F)cc1.CC1=NC(=O)C(C)(c2ccc(CC#N)cc2)S1. The van der Waals surface area contributed by atoms with E-state index in [1.54, 1.807) is 0 Å². The number of halogens is 1. The number of thioether (sulfide) groups is 1. The van der Waals surface area contributed by atoms with Crippen molar-refractivity contribution in [2.75, 3.05) is 0 Å². The van der Waals surface area contributed by atoms with Gasteiger partial charge < -0.3 is 0 Å². The van der Waals surface area contributed by atoms with Crippen LogP contribution in [0.1, 0.15) is 64.2 Å². The number of carbonyl (C=O) groups is 1. The van der Waals surface area contributed by atoms with Gasteiger partial charge in [-0.15, -0.1) is 0 Å². The Labute approximate surface area is 178 Å². The van der Waals surface area contributed by atoms with Gasteiger partial charge in [-0.25, -0.2) is 9.38 Å². The maximum atomic E-state index is 12.4. The first-order valence-corrected chi connectivity index (χ1v) is 10.6. The van der Waals surface area contributed by atoms with Crippen LogP contribution in [0.5, 0.6) is 0 Å². The van der Waals surface area contributed by atoms with Crippen molar-refractivity contribution in [3.63, 3.8) is 0 Å². The molecule has 1 atom stereocenters. The molecule has 0 spiro atoms. The second kappa shape index (κ2) is 11.5. The Hall–Kier alpha value is -2.45. The Kier molecular flexibility index (Phi) is 9.77. The summed E-state index contributed by atoms with van der Waals surface area (Å²) in [7, 11) is 0. The first kappa shape index (κ1) is 24.6. The van der Waals surface area contributed by atoms with Crippen molar-refractivity contribution < 1.29 is 9.18 Å². The zero-order valence-electron chi connectivity index (χ0n) is 18.0. The van der Waals surface area contributed by atoms with Gasteiger partial charge >= 0.3 is 0 Å². The van der Waals surface area contributed by atoms with Crippen LogP contribution in [0.3, 0.4) is 0 Å². The van der Waals surface area contributed by atoms with Crippen molar-refractivity contribution >= 4 is 22.7 Å². The molecule has 0 fully saturated rings. The Bertz CT molecular complexity index is 867. The van der Waals surface area contributed by atoms with E-state index in [2.05, 4.69) is 24.9 Å². The Morgan fingerprint density at radius 3 is 2.07 bits per heavy atom. The molecule has 1 unspecified atom stereocenters. The smallest absolute Gasteiger partial charge is 0.267 e. The number of rotatable bonds is 3. The van der Waals surface area contributed by atoms with E-state index in [9.17, 15) is 9.18 Å². The van der Waals surface area contributed by atoms with Crippen molar-refractivity contribution in [3.05, 3.63) is 71.0 Å². The average molecular weight is 413 g/mol. The maximum absolute atomic E-state index is 12.4. The monoisotopic (exact) mass is 412 g/mol. The van der Waals surface area contributed by atoms with Crippen molar-refractivity contribution in [1.29, 1.82) is 5.26 Å². The topological polar surface area (TPSA) is 53.2 Å². The van der Waals surface area contributed by atoms with E-state index >= 15 is 0 Å². The van der Waals surface area contributed by atoms with Gasteiger partial charge in [-0.05, 0) is 48.6 Å². The van der Waals surface area contributed by atoms with Gasteiger partial charge in [0.05, 0.1) is 17.5 Å². The lowest BCUT2D eigenvalue weighted by molar-refractivity contribution is -0.119. The molecular weight excluding hydrogens is 383 g/mol. The molecule has 0 aromatic heterocycles. The molecular formula is C24H29FN2OS. The molecule has 3 rings (SSSR count). The summed E-state index contributed by atoms with van der Waals surface area (Å²) in [4.78, 5) is 15.8. The third-order valence-corrected chi connectivity index (χ3v) is 5.55. The van der Waals surface area contributed by atoms with Crippen LogP contribution < -0.4 is 0 Å². The largest absolute Gasteiger partial charge is 0.271 e. The molecule has 1 aliphatic rings. The van der Waals surface area contributed by atoms with Crippen LogP contribution in [-0.4, -0.2) is 11.0 Å². The van der Waals surface area contributed by atoms with Gasteiger partial charge in [0.25, 0.3) is 5.91 Å². The van der Waals surface area contributed by atoms with Gasteiger partial charge in [0.2, 0.25) is 0 Å². The van der Waals surface area contributed by atoms with Gasteiger partial charge in [-0.1, -0.05) is 75.9 Å². The van der Waals surface area contributed by atoms with E-state index in [0.29, 0.717) is 12.3 Å². The van der Waals surface area contributed by atoms with E-state index < -0.39 is 4.75 Å². The predicted octanol–water partition coefficient (Wildman–Crippen LogP) is 6.63. The van der Waals surface area contributed by atoms with Gasteiger partial charge in [0.1, 0.15) is 10.6 Å². The first-order chi connectivity index (χ1) is 13.8. The van der Waals surface area contributed by atoms with Crippen LogP contribution in [0.15, 0.2) is 53.5 Å². The summed E-state index contributed by atoms with van der Waals surface area (Å²) < 4.78 is 11.7. The minimum absolute atomic E-state index is 0.104. The number of nitrogens with zero attached hydrogens (tertiary/aromatic N) is 2. The lowest BCUT2D eigenvalue weighted by atomic mass is 9.97. The highest BCUT2D eigenvalue weighted by molar-refractivity contribution is 8.15. The molecule has 0 saturated heterocycles. The summed E-state index contributed by atoms with van der Waals surface area (Å²) in [6, 6.07) is 16.3. The molecule has 3 nitrogen and oxygen atoms in total. The number of amides is 1. The number of nitriles is 1. The minimum Gasteiger partial charge on any atom is -0.271 e. The highest BCUT2D eigenvalue weighted by Gasteiger charge is 2.41. The van der Waals surface area contributed by atoms with Gasteiger partial charge in [0, 0.05) is 0 Å². The standard InChI is InChI=1S/C13H12N2OS.C9H11F.C2H6/c1-9-15-12(16)13(2,17-9)11-5-3-10(4-6-11)7-8-14;1-7(2)8-3-5-9(10)6-4-8;1-2/h3-6H,7H2,1-2H3;3-7H,1-2H3;1-2H3. The van der Waals surface area contributed by atoms with E-state index in [4.69, 9.17) is 5.26 Å². The zero-order chi connectivity index (χ0) is 22.0. The predicted molar refractivity (Wildman–Crippen MR) is 121 cm³/mol. The second-order valence-electron chi connectivity index (χ2n) is 6.81. The van der Waals surface area contributed by atoms with Crippen molar-refractivity contribution in [2.45, 2.75) is 58.6 Å². The maximum Gasteiger partial charge on any atom is 0.267 e. The van der Waals surface area contributed by atoms with Crippen molar-refractivity contribution in [2.24, 2.45) is 4.99 Å². The third kappa shape index (κ3) is 6.83. The number of hydrogen-bond donors (Lipinski definition) is 0. The van der Waals surface area contributed by atoms with Gasteiger partial charge in [0.15, 0.2) is 0 Å². The van der Waals surface area contributed by atoms with Crippen LogP contribution in [-0.2, 0) is 16.0 Å². The number of hydrogen-bond acceptors (Lipinski definition) is 3. The van der Waals surface area contributed by atoms with Crippen molar-refractivity contribution in [1.82, 2.24) is 0 Å². The summed E-state index contributed by atoms with van der Waals surface area (Å²) in [5, 5.41) is 9.41. The molecule has 0 N–H and O–H groups in total. The quantitative estimate of drug-likeness (QED) is 0.568. The molecule has 154 valence electrons. The fraction of sp³-hybridized carbons (Fsp3) is 0.375. The van der Waals surface area contributed by atoms with E-state index in [-0.39, 0.29) is 11.7 Å². The average Bonchev–Trinajstić information content (AvgIpc) is 2.97. The fourth-order valence-corrected chi connectivity index (χ4v) is 3.78. The normalized spacial score (nSPS) is 17.5. The first-order valence-electron chi connectivity index (χ1n) is 9.77. The molecule has 5 heteroatoms. The number of carbonyl (C=O) groups excluding carboxylic acids is 1. The Morgan fingerprint density at radius 1 is 1.10 bits per heavy atom. The summed E-state index contributed by atoms with van der Waals surface area (Å²) in [6.07, 6.45) is 0.396. The molecule has 2 aromatic carbocycles. The molecule has 1 amide bonds. The molecule has 1 aliphatic heterocycles. The van der Waals surface area contributed by atoms with Crippen LogP contribution >= 0.6 is 11.8 Å². The van der Waals surface area contributed by atoms with E-state index in [1.165, 1.54) is 29.5 Å². The number of aliphatic imine (C=N–C) groups is 1. The van der Waals surface area contributed by atoms with Crippen LogP contribution in [0, 0.1) is 17.1 Å². The molecule has 2 aromatic rings. The van der Waals surface area contributed by atoms with Crippen LogP contribution in [0.2, 0.25) is 0 Å². The number of benzene rings is 2. The van der Waals surface area contributed by atoms with E-state index in [0.717, 1.165) is 16.2 Å². The van der Waals surface area contributed by atoms with Crippen LogP contribution in [0.25, 0.3) is 0 Å². The molecule has 0 bridgehead atoms. The lowest BCUT2D eigenvalue weighted by Gasteiger charge is -2.20. The van der Waals surface area contributed by atoms with E-state index in [1.807, 2.05) is 64.1 Å². The highest BCUT2D eigenvalue weighted by Crippen LogP contribution is 2.42. The lowest BCUT2D eigenvalue weighted by Crippen LogP contribution is -2.23. The summed E-state index contributed by atoms with van der Waals surface area (Å²) in [5.41, 5.74) is 3.09. The molecule has 1 heterocycles. The zero-order valence-corrected chi connectivity index (χ0v) is 18.8. The molecule has 0 saturated carbocycles. The minimum atomic E-state index is -0.602. The van der Waals surface area contributed by atoms with Crippen molar-refractivity contribution in [3.8, 4) is 6.07 Å². The highest BCUT2D eigenvalue weighted by atomic mass is 32.2. The Balaban J connectivity index is 0.000000299. The van der Waals surface area contributed by atoms with Gasteiger partial charge in [-0.2, -0.15) is 5.26 Å². The second-order valence-corrected chi connectivity index (χ2v) is 8.42. The molecule has 29 heavy (non-hydrogen) atoms. The summed E-state index contributed by atoms with van der Waals surface area (Å²) in [6.45, 7) is 11.9. The molecule has 0 radical (unpaired) electrons. The summed E-state index contributed by atoms with van der Waals surface area (Å²) >= 11 is 1.48. The summed E-state index contributed by atoms with van der Waals surface area (Å²) in [5.74, 6) is 0.220. The van der Waals surface area contributed by atoms with Crippen LogP contribution in [0.4, 0.5) is 4.39 Å². The van der Waals surface area contributed by atoms with Gasteiger partial charge in [-0.3, -0.25) is 4.79 Å². The fourth-order valence-electron chi connectivity index (χ4n) is 2.67.